The van der Waals surface area contributed by atoms with E-state index in [4.69, 9.17) is 0 Å². The van der Waals surface area contributed by atoms with Crippen molar-refractivity contribution >= 4 is 37.7 Å². The molecule has 0 atom stereocenters. The maximum absolute atomic E-state index is 4.54. The number of para-hydroxylation sites is 1. The highest BCUT2D eigenvalue weighted by Gasteiger charge is 1.79. The van der Waals surface area contributed by atoms with E-state index < -0.39 is 0 Å². The largest absolute Gasteiger partial charge is 0.197 e. The van der Waals surface area contributed by atoms with Gasteiger partial charge in [0.25, 0.3) is 0 Å². The second kappa shape index (κ2) is 5.45. The highest BCUT2D eigenvalue weighted by Crippen LogP contribution is 2.07. The van der Waals surface area contributed by atoms with E-state index >= 15 is 0 Å². The van der Waals surface area contributed by atoms with Crippen LogP contribution in [0.4, 0.5) is 5.69 Å². The molecule has 0 N–H and O–H groups in total. The minimum atomic E-state index is 0.848. The fourth-order valence-corrected chi connectivity index (χ4v) is 0.851. The van der Waals surface area contributed by atoms with Gasteiger partial charge in [0.15, 0.2) is 0 Å². The molecule has 0 aliphatic heterocycles. The van der Waals surface area contributed by atoms with E-state index in [0.29, 0.717) is 0 Å². The fourth-order valence-electron chi connectivity index (χ4n) is 0.639. The molecule has 0 unspecified atom stereocenters. The summed E-state index contributed by atoms with van der Waals surface area (Å²) >= 11 is 4.54. The van der Waals surface area contributed by atoms with Crippen LogP contribution in [0, 0.1) is 0 Å². The van der Waals surface area contributed by atoms with Crippen LogP contribution in [0.15, 0.2) is 41.1 Å². The summed E-state index contributed by atoms with van der Waals surface area (Å²) < 4.78 is 0. The lowest BCUT2D eigenvalue weighted by Gasteiger charge is -1.84. The van der Waals surface area contributed by atoms with Crippen molar-refractivity contribution in [2.24, 2.45) is 4.99 Å². The van der Waals surface area contributed by atoms with Gasteiger partial charge >= 0.3 is 0 Å². The second-order valence-electron chi connectivity index (χ2n) is 1.87. The van der Waals surface area contributed by atoms with Crippen molar-refractivity contribution in [2.45, 2.75) is 0 Å². The van der Waals surface area contributed by atoms with Crippen LogP contribution in [0.25, 0.3) is 0 Å². The molecule has 1 aromatic rings. The predicted octanol–water partition coefficient (Wildman–Crippen LogP) is 1.64. The van der Waals surface area contributed by atoms with Crippen LogP contribution in [0.1, 0.15) is 0 Å². The molecule has 0 aliphatic rings. The normalized spacial score (nSPS) is 7.33. The standard InChI is InChI=1S/C9H5NS2/c11-12-8-4-7-10-9-5-2-1-3-6-9/h1-3,5-6H. The van der Waals surface area contributed by atoms with Gasteiger partial charge in [-0.1, -0.05) is 18.2 Å². The van der Waals surface area contributed by atoms with E-state index in [0.717, 1.165) is 15.6 Å². The number of benzene rings is 1. The first-order chi connectivity index (χ1) is 5.93. The smallest absolute Gasteiger partial charge is 0.0737 e. The Labute approximate surface area is 79.0 Å². The van der Waals surface area contributed by atoms with Gasteiger partial charge in [-0.2, -0.15) is 4.99 Å². The molecule has 0 heterocycles. The zero-order valence-corrected chi connectivity index (χ0v) is 7.78. The molecule has 0 amide bonds. The molecule has 1 rings (SSSR count). The fraction of sp³-hybridized carbons (Fsp3) is 0. The number of rotatable bonds is 1. The first-order valence-corrected chi connectivity index (χ1v) is 4.97. The zero-order valence-electron chi connectivity index (χ0n) is 6.15. The molecular formula is C9H5NS2. The molecule has 0 fully saturated rings. The summed E-state index contributed by atoms with van der Waals surface area (Å²) in [6, 6.07) is 9.53. The minimum Gasteiger partial charge on any atom is -0.197 e. The van der Waals surface area contributed by atoms with Crippen molar-refractivity contribution in [2.75, 3.05) is 0 Å². The first kappa shape index (κ1) is 8.89. The molecule has 12 heavy (non-hydrogen) atoms. The van der Waals surface area contributed by atoms with Crippen LogP contribution in [0.3, 0.4) is 0 Å². The Kier molecular flexibility index (Phi) is 4.04. The lowest BCUT2D eigenvalue weighted by Crippen LogP contribution is -1.59. The molecule has 0 saturated heterocycles. The van der Waals surface area contributed by atoms with E-state index in [1.165, 1.54) is 0 Å². The first-order valence-electron chi connectivity index (χ1n) is 3.23. The topological polar surface area (TPSA) is 12.4 Å². The molecule has 58 valence electrons. The van der Waals surface area contributed by atoms with E-state index in [2.05, 4.69) is 32.8 Å². The molecule has 1 nitrogen and oxygen atoms in total. The Hall–Kier alpha value is -1.20. The summed E-state index contributed by atoms with van der Waals surface area (Å²) in [6.45, 7) is 0. The van der Waals surface area contributed by atoms with Crippen molar-refractivity contribution in [3.8, 4) is 0 Å². The van der Waals surface area contributed by atoms with Crippen LogP contribution >= 0.6 is 0 Å². The van der Waals surface area contributed by atoms with E-state index in [9.17, 15) is 0 Å². The second-order valence-corrected chi connectivity index (χ2v) is 2.74. The van der Waals surface area contributed by atoms with Gasteiger partial charge in [0.2, 0.25) is 0 Å². The molecule has 3 heteroatoms. The number of nitrogens with zero attached hydrogens (tertiary/aromatic N) is 1. The zero-order chi connectivity index (χ0) is 8.65. The minimum absolute atomic E-state index is 0.848. The maximum atomic E-state index is 4.54. The van der Waals surface area contributed by atoms with Gasteiger partial charge in [-0.05, 0) is 33.2 Å². The van der Waals surface area contributed by atoms with Crippen LogP contribution in [0.5, 0.6) is 0 Å². The third kappa shape index (κ3) is 3.27. The molecule has 0 bridgehead atoms. The van der Waals surface area contributed by atoms with Crippen molar-refractivity contribution in [3.63, 3.8) is 0 Å². The molecule has 0 aliphatic carbocycles. The molecular weight excluding hydrogens is 186 g/mol. The van der Waals surface area contributed by atoms with Gasteiger partial charge in [0.05, 0.1) is 5.69 Å². The van der Waals surface area contributed by atoms with Gasteiger partial charge in [0, 0.05) is 16.6 Å². The van der Waals surface area contributed by atoms with Crippen LogP contribution in [-0.4, -0.2) is 10.9 Å². The van der Waals surface area contributed by atoms with E-state index in [-0.39, 0.29) is 0 Å². The van der Waals surface area contributed by atoms with Gasteiger partial charge in [0.1, 0.15) is 0 Å². The van der Waals surface area contributed by atoms with Gasteiger partial charge < -0.3 is 0 Å². The third-order valence-corrected chi connectivity index (χ3v) is 1.53. The summed E-state index contributed by atoms with van der Waals surface area (Å²) in [7, 11) is 1.04. The maximum Gasteiger partial charge on any atom is 0.0737 e. The van der Waals surface area contributed by atoms with Crippen molar-refractivity contribution in [1.82, 2.24) is 0 Å². The Bertz CT molecular complexity index is 399. The average molecular weight is 191 g/mol. The third-order valence-electron chi connectivity index (χ3n) is 1.09. The van der Waals surface area contributed by atoms with Gasteiger partial charge in [-0.25, -0.2) is 0 Å². The molecule has 1 aromatic carbocycles. The number of hydrogen-bond donors (Lipinski definition) is 0. The Morgan fingerprint density at radius 1 is 1.25 bits per heavy atom. The molecule has 0 radical (unpaired) electrons. The van der Waals surface area contributed by atoms with Crippen LogP contribution in [-0.2, 0) is 21.1 Å². The lowest BCUT2D eigenvalue weighted by atomic mass is 10.3. The number of aliphatic imine (C=N–C) groups is 1. The summed E-state index contributed by atoms with van der Waals surface area (Å²) in [5.41, 5.74) is 3.42. The SMILES string of the molecule is S=S=C=C=C=Nc1ccccc1. The Morgan fingerprint density at radius 3 is 2.67 bits per heavy atom. The van der Waals surface area contributed by atoms with Gasteiger partial charge in [-0.15, -0.1) is 0 Å². The van der Waals surface area contributed by atoms with Crippen LogP contribution < -0.4 is 0 Å². The number of hydrogen-bond acceptors (Lipinski definition) is 2. The van der Waals surface area contributed by atoms with E-state index in [1.807, 2.05) is 30.3 Å². The van der Waals surface area contributed by atoms with Crippen molar-refractivity contribution in [1.29, 1.82) is 0 Å². The van der Waals surface area contributed by atoms with Crippen LogP contribution in [0.2, 0.25) is 0 Å². The molecule has 0 saturated carbocycles. The van der Waals surface area contributed by atoms with E-state index in [1.54, 1.807) is 0 Å². The van der Waals surface area contributed by atoms with Crippen molar-refractivity contribution in [3.05, 3.63) is 36.1 Å². The molecule has 0 aromatic heterocycles. The molecule has 0 spiro atoms. The summed E-state index contributed by atoms with van der Waals surface area (Å²) in [5.74, 6) is 2.58. The monoisotopic (exact) mass is 191 g/mol. The Balaban J connectivity index is 2.98. The quantitative estimate of drug-likeness (QED) is 0.373. The summed E-state index contributed by atoms with van der Waals surface area (Å²) in [6.07, 6.45) is 0. The highest BCUT2D eigenvalue weighted by molar-refractivity contribution is 8.16. The predicted molar refractivity (Wildman–Crippen MR) is 56.8 cm³/mol. The Morgan fingerprint density at radius 2 is 2.00 bits per heavy atom. The van der Waals surface area contributed by atoms with Crippen molar-refractivity contribution < 1.29 is 0 Å². The summed E-state index contributed by atoms with van der Waals surface area (Å²) in [4.78, 5) is 3.96. The van der Waals surface area contributed by atoms with Gasteiger partial charge in [-0.3, -0.25) is 0 Å². The summed E-state index contributed by atoms with van der Waals surface area (Å²) in [5, 5.41) is 2.60. The lowest BCUT2D eigenvalue weighted by molar-refractivity contribution is 1.55. The average Bonchev–Trinajstić information content (AvgIpc) is 2.14. The highest BCUT2D eigenvalue weighted by atomic mass is 32.8.